The normalized spacial score (nSPS) is 11.3. The van der Waals surface area contributed by atoms with Crippen LogP contribution in [-0.2, 0) is 0 Å². The van der Waals surface area contributed by atoms with Crippen LogP contribution in [0, 0.1) is 58.2 Å². The minimum atomic E-state index is -2.49. The van der Waals surface area contributed by atoms with E-state index in [0.717, 1.165) is 0 Å². The fourth-order valence-electron chi connectivity index (χ4n) is 4.14. The molecule has 0 unspecified atom stereocenters. The standard InChI is InChI=1S/C28H10F10S/c29-17-15(18(30)22(34)25(37)21(17)33)13-14(16-19(31)23(35)26(38)24(36)20(16)32)28(12-9-5-2-6-10-12)39-27(13)11-7-3-1-4-8-11/h1-10H. The van der Waals surface area contributed by atoms with Crippen molar-refractivity contribution >= 4 is 11.3 Å². The highest BCUT2D eigenvalue weighted by Gasteiger charge is 2.36. The summed E-state index contributed by atoms with van der Waals surface area (Å²) in [5, 5.41) is 0. The first-order chi connectivity index (χ1) is 18.6. The minimum Gasteiger partial charge on any atom is -0.203 e. The fourth-order valence-corrected chi connectivity index (χ4v) is 5.47. The Morgan fingerprint density at radius 2 is 0.564 bits per heavy atom. The number of thiophene rings is 1. The molecule has 0 aliphatic rings. The lowest BCUT2D eigenvalue weighted by Gasteiger charge is -2.15. The zero-order valence-corrected chi connectivity index (χ0v) is 19.8. The van der Waals surface area contributed by atoms with Gasteiger partial charge in [-0.25, -0.2) is 43.9 Å². The topological polar surface area (TPSA) is 0 Å². The molecule has 0 atom stereocenters. The van der Waals surface area contributed by atoms with Gasteiger partial charge in [-0.15, -0.1) is 11.3 Å². The maximum atomic E-state index is 15.2. The molecule has 0 aliphatic carbocycles. The lowest BCUT2D eigenvalue weighted by molar-refractivity contribution is 0.380. The van der Waals surface area contributed by atoms with Crippen LogP contribution in [0.5, 0.6) is 0 Å². The SMILES string of the molecule is Fc1c(F)c(F)c(-c2c(-c3ccccc3)sc(-c3ccccc3)c2-c2c(F)c(F)c(F)c(F)c2F)c(F)c1F. The Balaban J connectivity index is 2.08. The van der Waals surface area contributed by atoms with E-state index in [1.54, 1.807) is 0 Å². The molecule has 0 fully saturated rings. The highest BCUT2D eigenvalue weighted by molar-refractivity contribution is 7.20. The van der Waals surface area contributed by atoms with E-state index < -0.39 is 80.4 Å². The van der Waals surface area contributed by atoms with E-state index in [9.17, 15) is 26.3 Å². The van der Waals surface area contributed by atoms with Crippen molar-refractivity contribution < 1.29 is 43.9 Å². The monoisotopic (exact) mass is 568 g/mol. The number of benzene rings is 4. The molecule has 0 aliphatic heterocycles. The van der Waals surface area contributed by atoms with Gasteiger partial charge in [0.05, 0.1) is 11.1 Å². The molecular formula is C28H10F10S. The number of hydrogen-bond acceptors (Lipinski definition) is 1. The largest absolute Gasteiger partial charge is 0.203 e. The highest BCUT2D eigenvalue weighted by atomic mass is 32.1. The summed E-state index contributed by atoms with van der Waals surface area (Å²) in [7, 11) is 0. The van der Waals surface area contributed by atoms with Crippen LogP contribution in [0.4, 0.5) is 43.9 Å². The zero-order valence-electron chi connectivity index (χ0n) is 19.0. The molecule has 0 bridgehead atoms. The van der Waals surface area contributed by atoms with Gasteiger partial charge in [0, 0.05) is 20.9 Å². The van der Waals surface area contributed by atoms with Crippen LogP contribution < -0.4 is 0 Å². The summed E-state index contributed by atoms with van der Waals surface area (Å²) >= 11 is 0.605. The molecule has 0 spiro atoms. The number of hydrogen-bond donors (Lipinski definition) is 0. The maximum Gasteiger partial charge on any atom is 0.200 e. The number of halogens is 10. The molecule has 11 heteroatoms. The van der Waals surface area contributed by atoms with Crippen molar-refractivity contribution in [1.29, 1.82) is 0 Å². The summed E-state index contributed by atoms with van der Waals surface area (Å²) in [6.07, 6.45) is 0. The Bertz CT molecular complexity index is 1560. The average Bonchev–Trinajstić information content (AvgIpc) is 3.33. The number of rotatable bonds is 4. The molecule has 0 radical (unpaired) electrons. The summed E-state index contributed by atoms with van der Waals surface area (Å²) in [6, 6.07) is 14.4. The molecule has 0 amide bonds. The van der Waals surface area contributed by atoms with E-state index in [4.69, 9.17) is 0 Å². The van der Waals surface area contributed by atoms with Crippen LogP contribution in [0.15, 0.2) is 60.7 Å². The van der Waals surface area contributed by atoms with Gasteiger partial charge in [-0.2, -0.15) is 0 Å². The zero-order chi connectivity index (χ0) is 28.2. The van der Waals surface area contributed by atoms with Crippen LogP contribution in [-0.4, -0.2) is 0 Å². The van der Waals surface area contributed by atoms with Crippen LogP contribution in [0.1, 0.15) is 0 Å². The lowest BCUT2D eigenvalue weighted by atomic mass is 9.90. The van der Waals surface area contributed by atoms with Gasteiger partial charge in [0.15, 0.2) is 46.5 Å². The molecule has 39 heavy (non-hydrogen) atoms. The minimum absolute atomic E-state index is 0.105. The second-order valence-corrected chi connectivity index (χ2v) is 9.15. The van der Waals surface area contributed by atoms with E-state index in [-0.39, 0.29) is 20.9 Å². The molecule has 198 valence electrons. The lowest BCUT2D eigenvalue weighted by Crippen LogP contribution is -2.07. The third-order valence-electron chi connectivity index (χ3n) is 5.90. The van der Waals surface area contributed by atoms with Crippen LogP contribution in [0.2, 0.25) is 0 Å². The Hall–Kier alpha value is -4.12. The predicted octanol–water partition coefficient (Wildman–Crippen LogP) is 9.81. The van der Waals surface area contributed by atoms with Crippen molar-refractivity contribution in [3.05, 3.63) is 119 Å². The average molecular weight is 568 g/mol. The molecule has 0 saturated carbocycles. The van der Waals surface area contributed by atoms with Gasteiger partial charge in [0.1, 0.15) is 0 Å². The smallest absolute Gasteiger partial charge is 0.200 e. The molecule has 5 aromatic rings. The van der Waals surface area contributed by atoms with Crippen molar-refractivity contribution in [2.45, 2.75) is 0 Å². The van der Waals surface area contributed by atoms with Gasteiger partial charge >= 0.3 is 0 Å². The summed E-state index contributed by atoms with van der Waals surface area (Å²) in [5.41, 5.74) is -4.87. The molecule has 0 N–H and O–H groups in total. The molecule has 5 rings (SSSR count). The second kappa shape index (κ2) is 9.88. The third-order valence-corrected chi connectivity index (χ3v) is 7.19. The first-order valence-electron chi connectivity index (χ1n) is 10.9. The summed E-state index contributed by atoms with van der Waals surface area (Å²) in [6.45, 7) is 0. The molecule has 4 aromatic carbocycles. The third kappa shape index (κ3) is 4.08. The quantitative estimate of drug-likeness (QED) is 0.115. The van der Waals surface area contributed by atoms with Crippen molar-refractivity contribution in [2.75, 3.05) is 0 Å². The second-order valence-electron chi connectivity index (χ2n) is 8.13. The summed E-state index contributed by atoms with van der Waals surface area (Å²) in [5.74, 6) is -23.9. The van der Waals surface area contributed by atoms with Gasteiger partial charge < -0.3 is 0 Å². The first kappa shape index (κ1) is 26.5. The van der Waals surface area contributed by atoms with E-state index in [2.05, 4.69) is 0 Å². The van der Waals surface area contributed by atoms with Crippen LogP contribution in [0.25, 0.3) is 43.1 Å². The van der Waals surface area contributed by atoms with Crippen molar-refractivity contribution in [2.24, 2.45) is 0 Å². The highest BCUT2D eigenvalue weighted by Crippen LogP contribution is 2.54. The van der Waals surface area contributed by atoms with Crippen LogP contribution in [0.3, 0.4) is 0 Å². The molecule has 0 saturated heterocycles. The predicted molar refractivity (Wildman–Crippen MR) is 126 cm³/mol. The summed E-state index contributed by atoms with van der Waals surface area (Å²) in [4.78, 5) is -0.506. The van der Waals surface area contributed by atoms with E-state index in [1.807, 2.05) is 0 Å². The van der Waals surface area contributed by atoms with E-state index in [1.165, 1.54) is 60.7 Å². The van der Waals surface area contributed by atoms with E-state index in [0.29, 0.717) is 11.3 Å². The molecule has 0 nitrogen and oxygen atoms in total. The molecular weight excluding hydrogens is 558 g/mol. The van der Waals surface area contributed by atoms with E-state index >= 15 is 17.6 Å². The van der Waals surface area contributed by atoms with Crippen LogP contribution >= 0.6 is 11.3 Å². The van der Waals surface area contributed by atoms with Gasteiger partial charge in [-0.05, 0) is 11.1 Å². The maximum absolute atomic E-state index is 15.2. The Morgan fingerprint density at radius 1 is 0.308 bits per heavy atom. The molecule has 1 aromatic heterocycles. The van der Waals surface area contributed by atoms with Gasteiger partial charge in [-0.1, -0.05) is 60.7 Å². The first-order valence-corrected chi connectivity index (χ1v) is 11.7. The Labute approximate surface area is 217 Å². The van der Waals surface area contributed by atoms with Crippen molar-refractivity contribution in [1.82, 2.24) is 0 Å². The Morgan fingerprint density at radius 3 is 0.846 bits per heavy atom. The van der Waals surface area contributed by atoms with Gasteiger partial charge in [-0.3, -0.25) is 0 Å². The van der Waals surface area contributed by atoms with Crippen molar-refractivity contribution in [3.8, 4) is 43.1 Å². The summed E-state index contributed by atoms with van der Waals surface area (Å²) < 4.78 is 146. The van der Waals surface area contributed by atoms with Gasteiger partial charge in [0.25, 0.3) is 0 Å². The van der Waals surface area contributed by atoms with Crippen molar-refractivity contribution in [3.63, 3.8) is 0 Å². The fraction of sp³-hybridized carbons (Fsp3) is 0. The molecule has 1 heterocycles. The van der Waals surface area contributed by atoms with Gasteiger partial charge in [0.2, 0.25) is 11.6 Å². The Kier molecular flexibility index (Phi) is 6.71.